The predicted octanol–water partition coefficient (Wildman–Crippen LogP) is 1.87. The van der Waals surface area contributed by atoms with E-state index in [1.54, 1.807) is 4.90 Å². The topological polar surface area (TPSA) is 127 Å². The Kier molecular flexibility index (Phi) is 7.53. The summed E-state index contributed by atoms with van der Waals surface area (Å²) < 4.78 is 67.2. The molecule has 1 aliphatic heterocycles. The number of carbonyl (C=O) groups is 1. The third kappa shape index (κ3) is 6.05. The number of anilines is 1. The normalized spacial score (nSPS) is 15.0. The first-order valence-corrected chi connectivity index (χ1v) is 14.0. The number of primary sulfonamides is 1. The van der Waals surface area contributed by atoms with Crippen LogP contribution in [0.15, 0.2) is 46.2 Å². The zero-order valence-electron chi connectivity index (χ0n) is 19.2. The Bertz CT molecular complexity index is 1290. The van der Waals surface area contributed by atoms with E-state index < -0.39 is 31.6 Å². The second-order valence-electron chi connectivity index (χ2n) is 8.57. The Balaban J connectivity index is 1.80. The minimum atomic E-state index is -4.02. The smallest absolute Gasteiger partial charge is 0.257 e. The Morgan fingerprint density at radius 2 is 1.65 bits per heavy atom. The van der Waals surface area contributed by atoms with E-state index in [1.807, 2.05) is 13.8 Å². The number of piperazine rings is 1. The number of halogens is 1. The minimum absolute atomic E-state index is 0.0873. The van der Waals surface area contributed by atoms with Crippen molar-refractivity contribution >= 4 is 31.5 Å². The van der Waals surface area contributed by atoms with Crippen molar-refractivity contribution in [3.05, 3.63) is 47.8 Å². The standard InChI is InChI=1S/C22H28FN3O6S2/c1-15(2)14-32-21-7-5-17(34(24,30)31)12-18(21)22(27)26-10-8-25(9-11-26)20-6-4-16(13-19(20)23)33(3,28)29/h4-7,12-13,15H,8-11,14H2,1-3H3,(H2,24,30,31). The van der Waals surface area contributed by atoms with Crippen LogP contribution in [0, 0.1) is 11.7 Å². The molecule has 0 saturated carbocycles. The van der Waals surface area contributed by atoms with Gasteiger partial charge in [0.2, 0.25) is 10.0 Å². The monoisotopic (exact) mass is 513 g/mol. The molecule has 1 fully saturated rings. The van der Waals surface area contributed by atoms with Crippen LogP contribution in [0.25, 0.3) is 0 Å². The molecule has 9 nitrogen and oxygen atoms in total. The van der Waals surface area contributed by atoms with Gasteiger partial charge in [0.15, 0.2) is 9.84 Å². The lowest BCUT2D eigenvalue weighted by atomic mass is 10.1. The summed E-state index contributed by atoms with van der Waals surface area (Å²) in [5.41, 5.74) is 0.334. The lowest BCUT2D eigenvalue weighted by Gasteiger charge is -2.36. The van der Waals surface area contributed by atoms with E-state index >= 15 is 0 Å². The first-order valence-electron chi connectivity index (χ1n) is 10.6. The molecule has 1 aliphatic rings. The Morgan fingerprint density at radius 1 is 1.03 bits per heavy atom. The molecular weight excluding hydrogens is 485 g/mol. The van der Waals surface area contributed by atoms with Gasteiger partial charge >= 0.3 is 0 Å². The van der Waals surface area contributed by atoms with E-state index in [4.69, 9.17) is 9.88 Å². The lowest BCUT2D eigenvalue weighted by molar-refractivity contribution is 0.0741. The maximum absolute atomic E-state index is 14.6. The number of ether oxygens (including phenoxy) is 1. The molecule has 186 valence electrons. The number of sulfone groups is 1. The van der Waals surface area contributed by atoms with Crippen molar-refractivity contribution in [2.75, 3.05) is 43.9 Å². The van der Waals surface area contributed by atoms with Gasteiger partial charge in [-0.2, -0.15) is 0 Å². The van der Waals surface area contributed by atoms with Crippen molar-refractivity contribution in [2.45, 2.75) is 23.6 Å². The first kappa shape index (κ1) is 25.9. The van der Waals surface area contributed by atoms with E-state index in [0.29, 0.717) is 19.7 Å². The van der Waals surface area contributed by atoms with Crippen molar-refractivity contribution < 1.29 is 30.8 Å². The molecule has 0 aromatic heterocycles. The summed E-state index contributed by atoms with van der Waals surface area (Å²) in [7, 11) is -7.55. The van der Waals surface area contributed by atoms with E-state index in [1.165, 1.54) is 35.2 Å². The van der Waals surface area contributed by atoms with Crippen LogP contribution in [0.2, 0.25) is 0 Å². The summed E-state index contributed by atoms with van der Waals surface area (Å²) in [5, 5.41) is 5.24. The van der Waals surface area contributed by atoms with Crippen LogP contribution in [0.1, 0.15) is 24.2 Å². The summed E-state index contributed by atoms with van der Waals surface area (Å²) in [6.07, 6.45) is 1.01. The van der Waals surface area contributed by atoms with Gasteiger partial charge in [0.05, 0.1) is 27.6 Å². The predicted molar refractivity (Wildman–Crippen MR) is 126 cm³/mol. The maximum atomic E-state index is 14.6. The van der Waals surface area contributed by atoms with Gasteiger partial charge in [-0.25, -0.2) is 26.4 Å². The minimum Gasteiger partial charge on any atom is -0.492 e. The van der Waals surface area contributed by atoms with Crippen LogP contribution in [-0.2, 0) is 19.9 Å². The van der Waals surface area contributed by atoms with Crippen molar-refractivity contribution in [2.24, 2.45) is 11.1 Å². The Labute approximate surface area is 199 Å². The molecule has 0 aliphatic carbocycles. The fourth-order valence-corrected chi connectivity index (χ4v) is 4.70. The number of nitrogens with two attached hydrogens (primary N) is 1. The molecule has 0 radical (unpaired) electrons. The third-order valence-electron chi connectivity index (χ3n) is 5.34. The van der Waals surface area contributed by atoms with Crippen LogP contribution >= 0.6 is 0 Å². The van der Waals surface area contributed by atoms with E-state index in [9.17, 15) is 26.0 Å². The second kappa shape index (κ2) is 9.88. The van der Waals surface area contributed by atoms with Crippen LogP contribution in [0.3, 0.4) is 0 Å². The van der Waals surface area contributed by atoms with E-state index in [-0.39, 0.29) is 45.8 Å². The summed E-state index contributed by atoms with van der Waals surface area (Å²) in [6.45, 7) is 5.33. The number of hydrogen-bond acceptors (Lipinski definition) is 7. The quantitative estimate of drug-likeness (QED) is 0.599. The number of benzene rings is 2. The average molecular weight is 514 g/mol. The molecule has 34 heavy (non-hydrogen) atoms. The van der Waals surface area contributed by atoms with Gasteiger partial charge in [0.1, 0.15) is 11.6 Å². The highest BCUT2D eigenvalue weighted by atomic mass is 32.2. The SMILES string of the molecule is CC(C)COc1ccc(S(N)(=O)=O)cc1C(=O)N1CCN(c2ccc(S(C)(=O)=O)cc2F)CC1. The summed E-state index contributed by atoms with van der Waals surface area (Å²) in [6, 6.07) is 7.68. The number of nitrogens with zero attached hydrogens (tertiary/aromatic N) is 2. The molecule has 3 rings (SSSR count). The molecule has 12 heteroatoms. The van der Waals surface area contributed by atoms with Crippen molar-refractivity contribution in [3.8, 4) is 5.75 Å². The zero-order valence-corrected chi connectivity index (χ0v) is 20.8. The molecule has 2 N–H and O–H groups in total. The Hall–Kier alpha value is -2.70. The molecule has 0 spiro atoms. The second-order valence-corrected chi connectivity index (χ2v) is 12.1. The van der Waals surface area contributed by atoms with Gasteiger partial charge in [-0.3, -0.25) is 4.79 Å². The van der Waals surface area contributed by atoms with Crippen LogP contribution in [0.5, 0.6) is 5.75 Å². The van der Waals surface area contributed by atoms with Gasteiger partial charge in [0.25, 0.3) is 5.91 Å². The van der Waals surface area contributed by atoms with Crippen LogP contribution in [0.4, 0.5) is 10.1 Å². The molecule has 0 bridgehead atoms. The van der Waals surface area contributed by atoms with Crippen LogP contribution < -0.4 is 14.8 Å². The number of carbonyl (C=O) groups excluding carboxylic acids is 1. The molecule has 1 heterocycles. The van der Waals surface area contributed by atoms with Crippen molar-refractivity contribution in [1.29, 1.82) is 0 Å². The summed E-state index contributed by atoms with van der Waals surface area (Å²) >= 11 is 0. The molecule has 2 aromatic rings. The number of amides is 1. The fourth-order valence-electron chi connectivity index (χ4n) is 3.53. The number of rotatable bonds is 7. The number of hydrogen-bond donors (Lipinski definition) is 1. The van der Waals surface area contributed by atoms with E-state index in [2.05, 4.69) is 0 Å². The van der Waals surface area contributed by atoms with Gasteiger partial charge in [-0.15, -0.1) is 0 Å². The average Bonchev–Trinajstić information content (AvgIpc) is 2.76. The van der Waals surface area contributed by atoms with Gasteiger partial charge in [0, 0.05) is 32.4 Å². The summed E-state index contributed by atoms with van der Waals surface area (Å²) in [4.78, 5) is 16.2. The molecule has 2 aromatic carbocycles. The highest BCUT2D eigenvalue weighted by molar-refractivity contribution is 7.90. The van der Waals surface area contributed by atoms with Crippen LogP contribution in [-0.4, -0.2) is 66.7 Å². The van der Waals surface area contributed by atoms with Gasteiger partial charge in [-0.05, 0) is 42.3 Å². The molecular formula is C22H28FN3O6S2. The largest absolute Gasteiger partial charge is 0.492 e. The van der Waals surface area contributed by atoms with Gasteiger partial charge in [-0.1, -0.05) is 13.8 Å². The van der Waals surface area contributed by atoms with Crippen molar-refractivity contribution in [3.63, 3.8) is 0 Å². The first-order chi connectivity index (χ1) is 15.8. The molecule has 1 amide bonds. The summed E-state index contributed by atoms with van der Waals surface area (Å²) in [5.74, 6) is -0.630. The molecule has 0 atom stereocenters. The molecule has 0 unspecified atom stereocenters. The fraction of sp³-hybridized carbons (Fsp3) is 0.409. The maximum Gasteiger partial charge on any atom is 0.257 e. The zero-order chi connectivity index (χ0) is 25.3. The molecule has 1 saturated heterocycles. The third-order valence-corrected chi connectivity index (χ3v) is 7.36. The Morgan fingerprint density at radius 3 is 2.18 bits per heavy atom. The van der Waals surface area contributed by atoms with E-state index in [0.717, 1.165) is 12.3 Å². The van der Waals surface area contributed by atoms with Crippen molar-refractivity contribution in [1.82, 2.24) is 4.90 Å². The number of sulfonamides is 1. The highest BCUT2D eigenvalue weighted by Crippen LogP contribution is 2.27. The lowest BCUT2D eigenvalue weighted by Crippen LogP contribution is -2.49. The van der Waals surface area contributed by atoms with Gasteiger partial charge < -0.3 is 14.5 Å². The highest BCUT2D eigenvalue weighted by Gasteiger charge is 2.27.